The first-order valence-electron chi connectivity index (χ1n) is 8.13. The van der Waals surface area contributed by atoms with Crippen molar-refractivity contribution in [1.82, 2.24) is 10.2 Å². The van der Waals surface area contributed by atoms with Crippen LogP contribution in [-0.4, -0.2) is 55.8 Å². The van der Waals surface area contributed by atoms with Crippen molar-refractivity contribution in [3.8, 4) is 5.75 Å². The Morgan fingerprint density at radius 2 is 2.23 bits per heavy atom. The van der Waals surface area contributed by atoms with Gasteiger partial charge in [-0.15, -0.1) is 0 Å². The Hall–Kier alpha value is -1.59. The molecule has 5 heteroatoms. The zero-order chi connectivity index (χ0) is 15.4. The number of benzene rings is 1. The second-order valence-electron chi connectivity index (χ2n) is 5.91. The Morgan fingerprint density at radius 1 is 1.41 bits per heavy atom. The summed E-state index contributed by atoms with van der Waals surface area (Å²) >= 11 is 0. The van der Waals surface area contributed by atoms with Crippen molar-refractivity contribution in [2.75, 3.05) is 32.8 Å². The molecular formula is C17H24N2O3. The van der Waals surface area contributed by atoms with Crippen LogP contribution in [0.2, 0.25) is 0 Å². The van der Waals surface area contributed by atoms with Crippen LogP contribution in [0.25, 0.3) is 0 Å². The number of rotatable bonds is 5. The molecule has 2 aliphatic rings. The number of nitrogens with one attached hydrogen (secondary N) is 1. The summed E-state index contributed by atoms with van der Waals surface area (Å²) in [6, 6.07) is 7.82. The van der Waals surface area contributed by atoms with Crippen molar-refractivity contribution >= 4 is 5.91 Å². The molecule has 0 bridgehead atoms. The number of carbonyl (C=O) groups is 1. The molecule has 0 aromatic heterocycles. The molecule has 2 aliphatic heterocycles. The van der Waals surface area contributed by atoms with Crippen LogP contribution >= 0.6 is 0 Å². The van der Waals surface area contributed by atoms with Gasteiger partial charge in [0.1, 0.15) is 5.75 Å². The fraction of sp³-hybridized carbons (Fsp3) is 0.588. The molecule has 2 saturated heterocycles. The Labute approximate surface area is 131 Å². The van der Waals surface area contributed by atoms with Gasteiger partial charge >= 0.3 is 0 Å². The smallest absolute Gasteiger partial charge is 0.251 e. The molecule has 2 fully saturated rings. The van der Waals surface area contributed by atoms with Crippen LogP contribution in [0.3, 0.4) is 0 Å². The first-order chi connectivity index (χ1) is 10.8. The summed E-state index contributed by atoms with van der Waals surface area (Å²) in [5.41, 5.74) is 0.651. The van der Waals surface area contributed by atoms with Gasteiger partial charge < -0.3 is 14.8 Å². The molecule has 1 aromatic rings. The number of amides is 1. The van der Waals surface area contributed by atoms with Gasteiger partial charge in [0.05, 0.1) is 19.3 Å². The minimum atomic E-state index is -0.0600. The van der Waals surface area contributed by atoms with E-state index in [0.717, 1.165) is 25.4 Å². The van der Waals surface area contributed by atoms with E-state index < -0.39 is 0 Å². The molecule has 1 amide bonds. The van der Waals surface area contributed by atoms with Gasteiger partial charge in [-0.1, -0.05) is 0 Å². The second kappa shape index (κ2) is 7.11. The Kier molecular flexibility index (Phi) is 4.95. The predicted octanol–water partition coefficient (Wildman–Crippen LogP) is 1.68. The van der Waals surface area contributed by atoms with Gasteiger partial charge in [-0.2, -0.15) is 0 Å². The van der Waals surface area contributed by atoms with Crippen LogP contribution in [0.5, 0.6) is 5.75 Å². The first-order valence-corrected chi connectivity index (χ1v) is 8.13. The third kappa shape index (κ3) is 3.59. The Bertz CT molecular complexity index is 503. The molecule has 0 spiro atoms. The number of nitrogens with zero attached hydrogens (tertiary/aromatic N) is 1. The van der Waals surface area contributed by atoms with Gasteiger partial charge in [0.15, 0.2) is 0 Å². The van der Waals surface area contributed by atoms with E-state index in [-0.39, 0.29) is 12.0 Å². The quantitative estimate of drug-likeness (QED) is 0.899. The molecule has 1 N–H and O–H groups in total. The number of hydrogen-bond acceptors (Lipinski definition) is 4. The number of fused-ring (bicyclic) bond motifs is 1. The summed E-state index contributed by atoms with van der Waals surface area (Å²) < 4.78 is 11.2. The summed E-state index contributed by atoms with van der Waals surface area (Å²) in [5.74, 6) is 0.727. The lowest BCUT2D eigenvalue weighted by Crippen LogP contribution is -2.50. The van der Waals surface area contributed by atoms with Crippen LogP contribution in [-0.2, 0) is 4.74 Å². The van der Waals surface area contributed by atoms with Crippen molar-refractivity contribution in [2.45, 2.75) is 31.9 Å². The van der Waals surface area contributed by atoms with E-state index >= 15 is 0 Å². The second-order valence-corrected chi connectivity index (χ2v) is 5.91. The number of morpholine rings is 1. The fourth-order valence-corrected chi connectivity index (χ4v) is 3.19. The molecule has 0 radical (unpaired) electrons. The van der Waals surface area contributed by atoms with Crippen molar-refractivity contribution in [3.63, 3.8) is 0 Å². The highest BCUT2D eigenvalue weighted by Crippen LogP contribution is 2.22. The minimum absolute atomic E-state index is 0.0600. The Morgan fingerprint density at radius 3 is 3.00 bits per heavy atom. The highest BCUT2D eigenvalue weighted by atomic mass is 16.5. The van der Waals surface area contributed by atoms with E-state index in [0.29, 0.717) is 24.8 Å². The largest absolute Gasteiger partial charge is 0.494 e. The van der Waals surface area contributed by atoms with Crippen LogP contribution in [0.15, 0.2) is 24.3 Å². The molecule has 1 aromatic carbocycles. The standard InChI is InChI=1S/C17H24N2O3/c1-2-21-15-7-5-13(6-8-15)17(20)18-10-16-11-19-9-3-4-14(19)12-22-16/h5-8,14,16H,2-4,9-12H2,1H3,(H,18,20). The molecule has 2 unspecified atom stereocenters. The van der Waals surface area contributed by atoms with Crippen LogP contribution in [0.4, 0.5) is 0 Å². The van der Waals surface area contributed by atoms with Gasteiger partial charge in [-0.3, -0.25) is 9.69 Å². The summed E-state index contributed by atoms with van der Waals surface area (Å²) in [6.45, 7) is 6.02. The maximum atomic E-state index is 12.2. The maximum absolute atomic E-state index is 12.2. The van der Waals surface area contributed by atoms with Gasteiger partial charge in [0.2, 0.25) is 0 Å². The molecule has 5 nitrogen and oxygen atoms in total. The fourth-order valence-electron chi connectivity index (χ4n) is 3.19. The molecule has 22 heavy (non-hydrogen) atoms. The highest BCUT2D eigenvalue weighted by Gasteiger charge is 2.32. The van der Waals surface area contributed by atoms with Crippen molar-refractivity contribution in [2.24, 2.45) is 0 Å². The zero-order valence-electron chi connectivity index (χ0n) is 13.1. The SMILES string of the molecule is CCOc1ccc(C(=O)NCC2CN3CCCC3CO2)cc1. The third-order valence-electron chi connectivity index (χ3n) is 4.38. The van der Waals surface area contributed by atoms with E-state index in [1.807, 2.05) is 19.1 Å². The van der Waals surface area contributed by atoms with Gasteiger partial charge in [-0.25, -0.2) is 0 Å². The van der Waals surface area contributed by atoms with Crippen molar-refractivity contribution in [3.05, 3.63) is 29.8 Å². The summed E-state index contributed by atoms with van der Waals surface area (Å²) in [6.07, 6.45) is 2.60. The molecule has 0 saturated carbocycles. The molecule has 0 aliphatic carbocycles. The minimum Gasteiger partial charge on any atom is -0.494 e. The average Bonchev–Trinajstić information content (AvgIpc) is 3.01. The van der Waals surface area contributed by atoms with E-state index in [2.05, 4.69) is 10.2 Å². The monoisotopic (exact) mass is 304 g/mol. The molecule has 2 atom stereocenters. The number of ether oxygens (including phenoxy) is 2. The summed E-state index contributed by atoms with van der Waals surface area (Å²) in [4.78, 5) is 14.6. The normalized spacial score (nSPS) is 24.8. The summed E-state index contributed by atoms with van der Waals surface area (Å²) in [5, 5.41) is 2.97. The van der Waals surface area contributed by atoms with Gasteiger partial charge in [-0.05, 0) is 50.6 Å². The molecular weight excluding hydrogens is 280 g/mol. The van der Waals surface area contributed by atoms with Crippen LogP contribution < -0.4 is 10.1 Å². The Balaban J connectivity index is 1.47. The molecule has 2 heterocycles. The van der Waals surface area contributed by atoms with Crippen molar-refractivity contribution < 1.29 is 14.3 Å². The third-order valence-corrected chi connectivity index (χ3v) is 4.38. The van der Waals surface area contributed by atoms with E-state index in [4.69, 9.17) is 9.47 Å². The van der Waals surface area contributed by atoms with Gasteiger partial charge in [0, 0.05) is 24.7 Å². The lowest BCUT2D eigenvalue weighted by atomic mass is 10.1. The van der Waals surface area contributed by atoms with E-state index in [1.165, 1.54) is 12.8 Å². The van der Waals surface area contributed by atoms with Crippen LogP contribution in [0, 0.1) is 0 Å². The number of hydrogen-bond donors (Lipinski definition) is 1. The van der Waals surface area contributed by atoms with Gasteiger partial charge in [0.25, 0.3) is 5.91 Å². The predicted molar refractivity (Wildman–Crippen MR) is 84.3 cm³/mol. The lowest BCUT2D eigenvalue weighted by Gasteiger charge is -2.35. The van der Waals surface area contributed by atoms with E-state index in [1.54, 1.807) is 12.1 Å². The zero-order valence-corrected chi connectivity index (χ0v) is 13.1. The topological polar surface area (TPSA) is 50.8 Å². The van der Waals surface area contributed by atoms with Crippen LogP contribution in [0.1, 0.15) is 30.1 Å². The highest BCUT2D eigenvalue weighted by molar-refractivity contribution is 5.94. The lowest BCUT2D eigenvalue weighted by molar-refractivity contribution is -0.0461. The average molecular weight is 304 g/mol. The van der Waals surface area contributed by atoms with Crippen molar-refractivity contribution in [1.29, 1.82) is 0 Å². The first kappa shape index (κ1) is 15.3. The maximum Gasteiger partial charge on any atom is 0.251 e. The summed E-state index contributed by atoms with van der Waals surface area (Å²) in [7, 11) is 0. The van der Waals surface area contributed by atoms with E-state index in [9.17, 15) is 4.79 Å². The molecule has 120 valence electrons. The number of carbonyl (C=O) groups excluding carboxylic acids is 1. The molecule has 3 rings (SSSR count).